The molecule has 0 radical (unpaired) electrons. The monoisotopic (exact) mass is 308 g/mol. The normalized spacial score (nSPS) is 17.6. The number of nitriles is 1. The zero-order valence-corrected chi connectivity index (χ0v) is 12.2. The van der Waals surface area contributed by atoms with Gasteiger partial charge in [-0.05, 0) is 30.5 Å². The third-order valence-corrected chi connectivity index (χ3v) is 4.13. The molecule has 1 atom stereocenters. The van der Waals surface area contributed by atoms with Gasteiger partial charge in [0.1, 0.15) is 23.3 Å². The summed E-state index contributed by atoms with van der Waals surface area (Å²) < 4.78 is 15.1. The molecule has 3 aromatic rings. The molecule has 0 amide bonds. The molecule has 0 aliphatic carbocycles. The Morgan fingerprint density at radius 1 is 1.30 bits per heavy atom. The summed E-state index contributed by atoms with van der Waals surface area (Å²) in [6.07, 6.45) is 8.12. The number of hydrogen-bond donors (Lipinski definition) is 0. The van der Waals surface area contributed by atoms with Gasteiger partial charge in [-0.3, -0.25) is 4.98 Å². The number of fused-ring (bicyclic) bond motifs is 1. The molecule has 1 aliphatic rings. The minimum absolute atomic E-state index is 0.0432. The Labute approximate surface area is 131 Å². The third kappa shape index (κ3) is 2.28. The highest BCUT2D eigenvalue weighted by atomic mass is 19.1. The summed E-state index contributed by atoms with van der Waals surface area (Å²) in [6.45, 7) is 0.834. The second kappa shape index (κ2) is 5.32. The molecule has 4 rings (SSSR count). The van der Waals surface area contributed by atoms with Crippen molar-refractivity contribution in [2.75, 3.05) is 11.4 Å². The molecule has 7 heteroatoms. The maximum Gasteiger partial charge on any atom is 0.175 e. The third-order valence-electron chi connectivity index (χ3n) is 4.13. The van der Waals surface area contributed by atoms with Crippen LogP contribution in [0.1, 0.15) is 30.0 Å². The van der Waals surface area contributed by atoms with Crippen molar-refractivity contribution in [3.63, 3.8) is 0 Å². The van der Waals surface area contributed by atoms with Crippen molar-refractivity contribution >= 4 is 11.5 Å². The Hall–Kier alpha value is -3.01. The lowest BCUT2D eigenvalue weighted by molar-refractivity contribution is 0.610. The second-order valence-corrected chi connectivity index (χ2v) is 5.51. The molecule has 3 aromatic heterocycles. The van der Waals surface area contributed by atoms with Crippen LogP contribution in [0.2, 0.25) is 0 Å². The van der Waals surface area contributed by atoms with E-state index in [1.807, 2.05) is 6.07 Å². The standard InChI is InChI=1S/C16H13FN6/c17-13-6-11(8-19-10-13)14-2-1-4-22(14)15-3-5-23-16(21-15)12(7-18)9-20-23/h3,5-6,8-10,14H,1-2,4H2/t14-/m1/s1. The minimum atomic E-state index is -0.333. The predicted molar refractivity (Wildman–Crippen MR) is 81.2 cm³/mol. The van der Waals surface area contributed by atoms with E-state index in [4.69, 9.17) is 5.26 Å². The second-order valence-electron chi connectivity index (χ2n) is 5.51. The van der Waals surface area contributed by atoms with E-state index in [9.17, 15) is 4.39 Å². The van der Waals surface area contributed by atoms with Gasteiger partial charge in [-0.2, -0.15) is 10.4 Å². The zero-order chi connectivity index (χ0) is 15.8. The summed E-state index contributed by atoms with van der Waals surface area (Å²) in [5.74, 6) is 0.432. The molecule has 1 saturated heterocycles. The van der Waals surface area contributed by atoms with Gasteiger partial charge in [0.2, 0.25) is 0 Å². The first-order chi connectivity index (χ1) is 11.3. The molecule has 0 bridgehead atoms. The maximum atomic E-state index is 13.5. The fourth-order valence-corrected chi connectivity index (χ4v) is 3.10. The van der Waals surface area contributed by atoms with Crippen LogP contribution in [-0.4, -0.2) is 26.1 Å². The van der Waals surface area contributed by atoms with Gasteiger partial charge >= 0.3 is 0 Å². The summed E-state index contributed by atoms with van der Waals surface area (Å²) in [4.78, 5) is 10.7. The topological polar surface area (TPSA) is 70.1 Å². The Morgan fingerprint density at radius 2 is 2.22 bits per heavy atom. The first-order valence-corrected chi connectivity index (χ1v) is 7.38. The number of nitrogens with zero attached hydrogens (tertiary/aromatic N) is 6. The molecule has 6 nitrogen and oxygen atoms in total. The Kier molecular flexibility index (Phi) is 3.15. The van der Waals surface area contributed by atoms with E-state index >= 15 is 0 Å². The average molecular weight is 308 g/mol. The van der Waals surface area contributed by atoms with Gasteiger partial charge in [-0.1, -0.05) is 0 Å². The van der Waals surface area contributed by atoms with Crippen molar-refractivity contribution in [3.05, 3.63) is 53.9 Å². The van der Waals surface area contributed by atoms with Crippen LogP contribution in [0.15, 0.2) is 36.9 Å². The molecule has 114 valence electrons. The van der Waals surface area contributed by atoms with Crippen molar-refractivity contribution in [1.29, 1.82) is 5.26 Å². The van der Waals surface area contributed by atoms with E-state index in [1.54, 1.807) is 16.9 Å². The number of aromatic nitrogens is 4. The summed E-state index contributed by atoms with van der Waals surface area (Å²) >= 11 is 0. The van der Waals surface area contributed by atoms with Gasteiger partial charge in [0.25, 0.3) is 0 Å². The number of anilines is 1. The Morgan fingerprint density at radius 3 is 3.04 bits per heavy atom. The van der Waals surface area contributed by atoms with Gasteiger partial charge in [0, 0.05) is 18.9 Å². The van der Waals surface area contributed by atoms with Gasteiger partial charge in [0.15, 0.2) is 5.65 Å². The fourth-order valence-electron chi connectivity index (χ4n) is 3.10. The van der Waals surface area contributed by atoms with Crippen LogP contribution < -0.4 is 4.90 Å². The van der Waals surface area contributed by atoms with Crippen molar-refractivity contribution in [2.45, 2.75) is 18.9 Å². The SMILES string of the molecule is N#Cc1cnn2ccc(N3CCC[C@@H]3c3cncc(F)c3)nc12. The molecule has 0 N–H and O–H groups in total. The van der Waals surface area contributed by atoms with Crippen molar-refractivity contribution in [2.24, 2.45) is 0 Å². The van der Waals surface area contributed by atoms with E-state index in [1.165, 1.54) is 18.5 Å². The smallest absolute Gasteiger partial charge is 0.175 e. The fraction of sp³-hybridized carbons (Fsp3) is 0.250. The Balaban J connectivity index is 1.75. The van der Waals surface area contributed by atoms with Crippen molar-refractivity contribution < 1.29 is 4.39 Å². The van der Waals surface area contributed by atoms with E-state index < -0.39 is 0 Å². The highest BCUT2D eigenvalue weighted by molar-refractivity contribution is 5.58. The number of halogens is 1. The lowest BCUT2D eigenvalue weighted by Gasteiger charge is -2.25. The van der Waals surface area contributed by atoms with Crippen molar-refractivity contribution in [3.8, 4) is 6.07 Å². The highest BCUT2D eigenvalue weighted by Crippen LogP contribution is 2.35. The molecule has 0 spiro atoms. The first kappa shape index (κ1) is 13.6. The molecule has 0 aromatic carbocycles. The summed E-state index contributed by atoms with van der Waals surface area (Å²) in [5.41, 5.74) is 1.82. The van der Waals surface area contributed by atoms with Crippen molar-refractivity contribution in [1.82, 2.24) is 19.6 Å². The zero-order valence-electron chi connectivity index (χ0n) is 12.2. The van der Waals surface area contributed by atoms with Crippen LogP contribution >= 0.6 is 0 Å². The molecular formula is C16H13FN6. The van der Waals surface area contributed by atoms with Gasteiger partial charge in [-0.15, -0.1) is 0 Å². The highest BCUT2D eigenvalue weighted by Gasteiger charge is 2.28. The lowest BCUT2D eigenvalue weighted by atomic mass is 10.1. The molecular weight excluding hydrogens is 295 g/mol. The van der Waals surface area contributed by atoms with Gasteiger partial charge < -0.3 is 4.90 Å². The molecule has 4 heterocycles. The quantitative estimate of drug-likeness (QED) is 0.727. The molecule has 1 fully saturated rings. The maximum absolute atomic E-state index is 13.5. The van der Waals surface area contributed by atoms with E-state index in [-0.39, 0.29) is 11.9 Å². The van der Waals surface area contributed by atoms with Crippen LogP contribution in [-0.2, 0) is 0 Å². The van der Waals surface area contributed by atoms with E-state index in [2.05, 4.69) is 26.0 Å². The average Bonchev–Trinajstić information content (AvgIpc) is 3.21. The van der Waals surface area contributed by atoms with Crippen LogP contribution in [0, 0.1) is 17.1 Å². The van der Waals surface area contributed by atoms with Gasteiger partial charge in [0.05, 0.1) is 18.4 Å². The largest absolute Gasteiger partial charge is 0.349 e. The van der Waals surface area contributed by atoms with E-state index in [0.717, 1.165) is 30.8 Å². The number of rotatable bonds is 2. The van der Waals surface area contributed by atoms with Crippen LogP contribution in [0.3, 0.4) is 0 Å². The summed E-state index contributed by atoms with van der Waals surface area (Å²) in [7, 11) is 0. The molecule has 1 aliphatic heterocycles. The minimum Gasteiger partial charge on any atom is -0.349 e. The lowest BCUT2D eigenvalue weighted by Crippen LogP contribution is -2.24. The van der Waals surface area contributed by atoms with Crippen LogP contribution in [0.25, 0.3) is 5.65 Å². The van der Waals surface area contributed by atoms with Crippen LogP contribution in [0.4, 0.5) is 10.2 Å². The summed E-state index contributed by atoms with van der Waals surface area (Å²) in [5, 5.41) is 13.2. The molecule has 23 heavy (non-hydrogen) atoms. The van der Waals surface area contributed by atoms with Gasteiger partial charge in [-0.25, -0.2) is 13.9 Å². The van der Waals surface area contributed by atoms with Crippen LogP contribution in [0.5, 0.6) is 0 Å². The first-order valence-electron chi connectivity index (χ1n) is 7.38. The summed E-state index contributed by atoms with van der Waals surface area (Å²) in [6, 6.07) is 5.53. The number of pyridine rings is 1. The predicted octanol–water partition coefficient (Wildman–Crippen LogP) is 2.48. The molecule has 0 saturated carbocycles. The van der Waals surface area contributed by atoms with E-state index in [0.29, 0.717) is 11.2 Å². The number of hydrogen-bond acceptors (Lipinski definition) is 5. The Bertz CT molecular complexity index is 912. The molecule has 0 unspecified atom stereocenters.